The van der Waals surface area contributed by atoms with Gasteiger partial charge in [0.2, 0.25) is 0 Å². The fourth-order valence-electron chi connectivity index (χ4n) is 1.10. The lowest BCUT2D eigenvalue weighted by Gasteiger charge is -2.39. The molecule has 0 aromatic rings. The van der Waals surface area contributed by atoms with Gasteiger partial charge in [0.25, 0.3) is 0 Å². The second-order valence-corrected chi connectivity index (χ2v) is 2.26. The molecule has 3 fully saturated rings. The van der Waals surface area contributed by atoms with Crippen LogP contribution in [-0.2, 0) is 0 Å². The fraction of sp³-hybridized carbons (Fsp3) is 1.00. The lowest BCUT2D eigenvalue weighted by Crippen LogP contribution is -2.72. The first-order valence-corrected chi connectivity index (χ1v) is 2.97. The van der Waals surface area contributed by atoms with Gasteiger partial charge in [-0.15, -0.1) is 0 Å². The molecule has 3 aliphatic heterocycles. The van der Waals surface area contributed by atoms with E-state index < -0.39 is 0 Å². The molecule has 0 saturated carbocycles. The topological polar surface area (TPSA) is 48.1 Å². The largest absolute Gasteiger partial charge is 0.238 e. The third kappa shape index (κ3) is 0.621. The van der Waals surface area contributed by atoms with Crippen molar-refractivity contribution in [2.24, 2.45) is 0 Å². The van der Waals surface area contributed by atoms with Gasteiger partial charge >= 0.3 is 0 Å². The molecule has 0 radical (unpaired) electrons. The van der Waals surface area contributed by atoms with Gasteiger partial charge in [-0.2, -0.15) is 0 Å². The number of hydrogen-bond donors (Lipinski definition) is 4. The smallest absolute Gasteiger partial charge is 0.0834 e. The van der Waals surface area contributed by atoms with E-state index in [0.29, 0.717) is 12.3 Å². The van der Waals surface area contributed by atoms with Crippen LogP contribution in [0.3, 0.4) is 0 Å². The molecule has 0 atom stereocenters. The Labute approximate surface area is 48.0 Å². The average Bonchev–Trinajstić information content (AvgIpc) is 1.92. The maximum atomic E-state index is 3.09. The van der Waals surface area contributed by atoms with Crippen LogP contribution in [-0.4, -0.2) is 12.3 Å². The molecular formula is C4H10N4. The van der Waals surface area contributed by atoms with E-state index in [0.717, 1.165) is 0 Å². The minimum absolute atomic E-state index is 0.431. The van der Waals surface area contributed by atoms with Gasteiger partial charge in [0.05, 0.1) is 12.3 Å². The molecule has 4 nitrogen and oxygen atoms in total. The molecule has 46 valence electrons. The summed E-state index contributed by atoms with van der Waals surface area (Å²) < 4.78 is 0. The minimum atomic E-state index is 0.431. The Morgan fingerprint density at radius 3 is 1.25 bits per heavy atom. The molecule has 3 rings (SSSR count). The van der Waals surface area contributed by atoms with Crippen LogP contribution in [0.25, 0.3) is 0 Å². The fourth-order valence-corrected chi connectivity index (χ4v) is 1.10. The highest BCUT2D eigenvalue weighted by atomic mass is 15.6. The summed E-state index contributed by atoms with van der Waals surface area (Å²) in [6.07, 6.45) is 3.29. The van der Waals surface area contributed by atoms with Gasteiger partial charge in [-0.25, -0.2) is 21.7 Å². The SMILES string of the molecule is C1CC2NNC1NN2. The monoisotopic (exact) mass is 114 g/mol. The van der Waals surface area contributed by atoms with Crippen LogP contribution < -0.4 is 21.7 Å². The molecule has 3 saturated heterocycles. The summed E-state index contributed by atoms with van der Waals surface area (Å²) >= 11 is 0. The Morgan fingerprint density at radius 1 is 0.750 bits per heavy atom. The summed E-state index contributed by atoms with van der Waals surface area (Å²) in [4.78, 5) is 0. The van der Waals surface area contributed by atoms with Crippen LogP contribution in [0, 0.1) is 0 Å². The van der Waals surface area contributed by atoms with Crippen molar-refractivity contribution in [3.63, 3.8) is 0 Å². The molecule has 0 aliphatic carbocycles. The number of hydrazine groups is 2. The van der Waals surface area contributed by atoms with Gasteiger partial charge in [0, 0.05) is 0 Å². The van der Waals surface area contributed by atoms with Crippen molar-refractivity contribution in [3.05, 3.63) is 0 Å². The predicted molar refractivity (Wildman–Crippen MR) is 29.4 cm³/mol. The predicted octanol–water partition coefficient (Wildman–Crippen LogP) is -1.37. The van der Waals surface area contributed by atoms with Gasteiger partial charge in [-0.1, -0.05) is 0 Å². The van der Waals surface area contributed by atoms with E-state index >= 15 is 0 Å². The van der Waals surface area contributed by atoms with Crippen molar-refractivity contribution in [3.8, 4) is 0 Å². The van der Waals surface area contributed by atoms with Crippen LogP contribution in [0.2, 0.25) is 0 Å². The molecule has 0 aromatic heterocycles. The summed E-state index contributed by atoms with van der Waals surface area (Å²) in [6.45, 7) is 0. The van der Waals surface area contributed by atoms with E-state index in [1.54, 1.807) is 0 Å². The number of hydrogen-bond acceptors (Lipinski definition) is 4. The zero-order valence-corrected chi connectivity index (χ0v) is 4.57. The Kier molecular flexibility index (Phi) is 0.976. The summed E-state index contributed by atoms with van der Waals surface area (Å²) in [5, 5.41) is 0. The highest BCUT2D eigenvalue weighted by molar-refractivity contribution is 4.78. The molecule has 3 heterocycles. The Balaban J connectivity index is 2.03. The second kappa shape index (κ2) is 1.66. The van der Waals surface area contributed by atoms with Crippen molar-refractivity contribution in [2.45, 2.75) is 25.2 Å². The van der Waals surface area contributed by atoms with E-state index in [9.17, 15) is 0 Å². The van der Waals surface area contributed by atoms with Crippen molar-refractivity contribution in [1.82, 2.24) is 21.7 Å². The second-order valence-electron chi connectivity index (χ2n) is 2.26. The van der Waals surface area contributed by atoms with Crippen LogP contribution in [0.1, 0.15) is 12.8 Å². The molecular weight excluding hydrogens is 104 g/mol. The molecule has 0 amide bonds. The normalized spacial score (nSPS) is 45.0. The first-order chi connectivity index (χ1) is 3.95. The van der Waals surface area contributed by atoms with Gasteiger partial charge < -0.3 is 0 Å². The van der Waals surface area contributed by atoms with Gasteiger partial charge in [0.15, 0.2) is 0 Å². The lowest BCUT2D eigenvalue weighted by molar-refractivity contribution is 0.118. The summed E-state index contributed by atoms with van der Waals surface area (Å²) in [6, 6.07) is 0. The maximum Gasteiger partial charge on any atom is 0.0834 e. The zero-order chi connectivity index (χ0) is 5.40. The van der Waals surface area contributed by atoms with Gasteiger partial charge in [0.1, 0.15) is 0 Å². The Morgan fingerprint density at radius 2 is 1.12 bits per heavy atom. The quantitative estimate of drug-likeness (QED) is 0.314. The van der Waals surface area contributed by atoms with Crippen LogP contribution in [0.15, 0.2) is 0 Å². The third-order valence-corrected chi connectivity index (χ3v) is 1.61. The molecule has 0 unspecified atom stereocenters. The highest BCUT2D eigenvalue weighted by Crippen LogP contribution is 2.05. The number of fused-ring (bicyclic) bond motifs is 3. The van der Waals surface area contributed by atoms with Crippen molar-refractivity contribution in [2.75, 3.05) is 0 Å². The first-order valence-electron chi connectivity index (χ1n) is 2.97. The van der Waals surface area contributed by atoms with Gasteiger partial charge in [-0.3, -0.25) is 0 Å². The molecule has 4 N–H and O–H groups in total. The van der Waals surface area contributed by atoms with Crippen molar-refractivity contribution >= 4 is 0 Å². The van der Waals surface area contributed by atoms with Crippen LogP contribution >= 0.6 is 0 Å². The van der Waals surface area contributed by atoms with E-state index in [-0.39, 0.29) is 0 Å². The lowest BCUT2D eigenvalue weighted by atomic mass is 10.2. The standard InChI is InChI=1S/C4H10N4/c1-2-4-7-5-3(1)6-8-4/h3-8H,1-2H2. The average molecular weight is 114 g/mol. The molecule has 8 heavy (non-hydrogen) atoms. The third-order valence-electron chi connectivity index (χ3n) is 1.61. The molecule has 3 aliphatic rings. The van der Waals surface area contributed by atoms with E-state index in [1.807, 2.05) is 0 Å². The minimum Gasteiger partial charge on any atom is -0.238 e. The molecule has 2 bridgehead atoms. The molecule has 0 spiro atoms. The Hall–Kier alpha value is -0.160. The van der Waals surface area contributed by atoms with E-state index in [1.165, 1.54) is 12.8 Å². The zero-order valence-electron chi connectivity index (χ0n) is 4.57. The van der Waals surface area contributed by atoms with Crippen molar-refractivity contribution in [1.29, 1.82) is 0 Å². The maximum absolute atomic E-state index is 3.09. The first kappa shape index (κ1) is 4.69. The van der Waals surface area contributed by atoms with E-state index in [4.69, 9.17) is 0 Å². The van der Waals surface area contributed by atoms with Crippen molar-refractivity contribution < 1.29 is 0 Å². The summed E-state index contributed by atoms with van der Waals surface area (Å²) in [5.74, 6) is 0. The number of nitrogens with one attached hydrogen (secondary N) is 4. The molecule has 0 aromatic carbocycles. The Bertz CT molecular complexity index is 63.0. The molecule has 4 heteroatoms. The number of rotatable bonds is 0. The van der Waals surface area contributed by atoms with E-state index in [2.05, 4.69) is 21.7 Å². The van der Waals surface area contributed by atoms with Crippen LogP contribution in [0.5, 0.6) is 0 Å². The highest BCUT2D eigenvalue weighted by Gasteiger charge is 2.24. The van der Waals surface area contributed by atoms with Gasteiger partial charge in [-0.05, 0) is 12.8 Å². The van der Waals surface area contributed by atoms with Crippen LogP contribution in [0.4, 0.5) is 0 Å². The summed E-state index contributed by atoms with van der Waals surface area (Å²) in [5.41, 5.74) is 12.4. The summed E-state index contributed by atoms with van der Waals surface area (Å²) in [7, 11) is 0.